The SMILES string of the molecule is COCCNC(=O)C(=O)NCC1(c2cccs2)CCCCC1. The van der Waals surface area contributed by atoms with Gasteiger partial charge in [-0.05, 0) is 24.3 Å². The van der Waals surface area contributed by atoms with Crippen molar-refractivity contribution >= 4 is 23.2 Å². The van der Waals surface area contributed by atoms with Crippen molar-refractivity contribution in [2.75, 3.05) is 26.8 Å². The number of amides is 2. The number of carbonyl (C=O) groups excluding carboxylic acids is 2. The largest absolute Gasteiger partial charge is 0.383 e. The summed E-state index contributed by atoms with van der Waals surface area (Å²) in [6.45, 7) is 1.28. The molecule has 0 unspecified atom stereocenters. The fourth-order valence-corrected chi connectivity index (χ4v) is 3.98. The lowest BCUT2D eigenvalue weighted by Crippen LogP contribution is -2.47. The van der Waals surface area contributed by atoms with Crippen LogP contribution in [0.15, 0.2) is 17.5 Å². The van der Waals surface area contributed by atoms with Gasteiger partial charge in [-0.25, -0.2) is 0 Å². The maximum absolute atomic E-state index is 11.9. The second-order valence-electron chi connectivity index (χ2n) is 5.75. The van der Waals surface area contributed by atoms with E-state index in [1.165, 1.54) is 24.1 Å². The standard InChI is InChI=1S/C16H24N2O3S/c1-21-10-9-17-14(19)15(20)18-12-16(7-3-2-4-8-16)13-6-5-11-22-13/h5-6,11H,2-4,7-10,12H2,1H3,(H,17,19)(H,18,20). The molecule has 0 radical (unpaired) electrons. The van der Waals surface area contributed by atoms with Crippen molar-refractivity contribution in [2.24, 2.45) is 0 Å². The van der Waals surface area contributed by atoms with Crippen LogP contribution < -0.4 is 10.6 Å². The molecule has 1 heterocycles. The predicted molar refractivity (Wildman–Crippen MR) is 87.0 cm³/mol. The first-order valence-corrected chi connectivity index (χ1v) is 8.65. The number of ether oxygens (including phenoxy) is 1. The van der Waals surface area contributed by atoms with Gasteiger partial charge in [0.05, 0.1) is 6.61 Å². The summed E-state index contributed by atoms with van der Waals surface area (Å²) in [6, 6.07) is 4.19. The summed E-state index contributed by atoms with van der Waals surface area (Å²) in [5.74, 6) is -1.15. The molecule has 5 nitrogen and oxygen atoms in total. The molecule has 1 fully saturated rings. The molecule has 1 saturated carbocycles. The van der Waals surface area contributed by atoms with Crippen LogP contribution in [-0.2, 0) is 19.7 Å². The molecule has 122 valence electrons. The van der Waals surface area contributed by atoms with E-state index in [0.29, 0.717) is 19.7 Å². The van der Waals surface area contributed by atoms with Gasteiger partial charge in [0, 0.05) is 30.5 Å². The lowest BCUT2D eigenvalue weighted by atomic mass is 9.73. The molecule has 0 aliphatic heterocycles. The van der Waals surface area contributed by atoms with Gasteiger partial charge in [0.2, 0.25) is 0 Å². The number of carbonyl (C=O) groups is 2. The minimum absolute atomic E-state index is 0.00507. The van der Waals surface area contributed by atoms with E-state index in [9.17, 15) is 9.59 Å². The summed E-state index contributed by atoms with van der Waals surface area (Å²) in [5.41, 5.74) is -0.00507. The maximum atomic E-state index is 11.9. The van der Waals surface area contributed by atoms with Crippen molar-refractivity contribution in [3.63, 3.8) is 0 Å². The minimum Gasteiger partial charge on any atom is -0.383 e. The quantitative estimate of drug-likeness (QED) is 0.620. The third kappa shape index (κ3) is 4.30. The van der Waals surface area contributed by atoms with Crippen LogP contribution >= 0.6 is 11.3 Å². The van der Waals surface area contributed by atoms with Gasteiger partial charge in [0.1, 0.15) is 0 Å². The third-order valence-electron chi connectivity index (χ3n) is 4.24. The van der Waals surface area contributed by atoms with Gasteiger partial charge < -0.3 is 15.4 Å². The van der Waals surface area contributed by atoms with Gasteiger partial charge in [-0.3, -0.25) is 9.59 Å². The highest BCUT2D eigenvalue weighted by Crippen LogP contribution is 2.40. The maximum Gasteiger partial charge on any atom is 0.309 e. The zero-order valence-corrected chi connectivity index (χ0v) is 13.8. The van der Waals surface area contributed by atoms with Crippen LogP contribution in [0, 0.1) is 0 Å². The molecule has 0 saturated heterocycles. The molecular weight excluding hydrogens is 300 g/mol. The number of rotatable bonds is 6. The van der Waals surface area contributed by atoms with Crippen LogP contribution in [0.3, 0.4) is 0 Å². The molecule has 1 aliphatic carbocycles. The molecule has 0 spiro atoms. The van der Waals surface area contributed by atoms with Gasteiger partial charge in [0.15, 0.2) is 0 Å². The molecule has 1 aromatic heterocycles. The van der Waals surface area contributed by atoms with Crippen molar-refractivity contribution in [2.45, 2.75) is 37.5 Å². The van der Waals surface area contributed by atoms with Crippen molar-refractivity contribution in [1.29, 1.82) is 0 Å². The average molecular weight is 324 g/mol. The highest BCUT2D eigenvalue weighted by molar-refractivity contribution is 7.10. The van der Waals surface area contributed by atoms with E-state index in [0.717, 1.165) is 12.8 Å². The van der Waals surface area contributed by atoms with E-state index < -0.39 is 11.8 Å². The molecule has 2 rings (SSSR count). The van der Waals surface area contributed by atoms with Crippen molar-refractivity contribution in [3.05, 3.63) is 22.4 Å². The van der Waals surface area contributed by atoms with Crippen molar-refractivity contribution < 1.29 is 14.3 Å². The lowest BCUT2D eigenvalue weighted by Gasteiger charge is -2.36. The Morgan fingerprint density at radius 3 is 2.59 bits per heavy atom. The molecule has 2 amide bonds. The number of hydrogen-bond acceptors (Lipinski definition) is 4. The highest BCUT2D eigenvalue weighted by atomic mass is 32.1. The second-order valence-corrected chi connectivity index (χ2v) is 6.70. The zero-order valence-electron chi connectivity index (χ0n) is 13.0. The highest BCUT2D eigenvalue weighted by Gasteiger charge is 2.35. The first-order chi connectivity index (χ1) is 10.7. The molecule has 0 bridgehead atoms. The van der Waals surface area contributed by atoms with Gasteiger partial charge in [-0.2, -0.15) is 0 Å². The Hall–Kier alpha value is -1.40. The Morgan fingerprint density at radius 2 is 1.95 bits per heavy atom. The molecule has 0 atom stereocenters. The van der Waals surface area contributed by atoms with Gasteiger partial charge in [-0.1, -0.05) is 25.3 Å². The molecule has 1 aromatic rings. The topological polar surface area (TPSA) is 67.4 Å². The fourth-order valence-electron chi connectivity index (χ4n) is 3.00. The molecule has 1 aliphatic rings. The lowest BCUT2D eigenvalue weighted by molar-refractivity contribution is -0.139. The van der Waals surface area contributed by atoms with Crippen molar-refractivity contribution in [1.82, 2.24) is 10.6 Å². The fraction of sp³-hybridized carbons (Fsp3) is 0.625. The summed E-state index contributed by atoms with van der Waals surface area (Å²) < 4.78 is 4.85. The van der Waals surface area contributed by atoms with Gasteiger partial charge in [-0.15, -0.1) is 11.3 Å². The van der Waals surface area contributed by atoms with Crippen LogP contribution in [-0.4, -0.2) is 38.6 Å². The van der Waals surface area contributed by atoms with E-state index >= 15 is 0 Å². The van der Waals surface area contributed by atoms with E-state index in [4.69, 9.17) is 4.74 Å². The van der Waals surface area contributed by atoms with Gasteiger partial charge >= 0.3 is 11.8 Å². The normalized spacial score (nSPS) is 17.0. The molecule has 6 heteroatoms. The molecule has 22 heavy (non-hydrogen) atoms. The minimum atomic E-state index is -0.589. The number of nitrogens with one attached hydrogen (secondary N) is 2. The molecule has 0 aromatic carbocycles. The zero-order chi connectivity index (χ0) is 15.8. The van der Waals surface area contributed by atoms with Crippen LogP contribution in [0.25, 0.3) is 0 Å². The Bertz CT molecular complexity index is 482. The van der Waals surface area contributed by atoms with E-state index in [1.807, 2.05) is 0 Å². The smallest absolute Gasteiger partial charge is 0.309 e. The van der Waals surface area contributed by atoms with E-state index in [-0.39, 0.29) is 5.41 Å². The Morgan fingerprint density at radius 1 is 1.23 bits per heavy atom. The number of hydrogen-bond donors (Lipinski definition) is 2. The van der Waals surface area contributed by atoms with Crippen molar-refractivity contribution in [3.8, 4) is 0 Å². The number of thiophene rings is 1. The van der Waals surface area contributed by atoms with E-state index in [1.54, 1.807) is 18.4 Å². The molecule has 2 N–H and O–H groups in total. The summed E-state index contributed by atoms with van der Waals surface area (Å²) in [4.78, 5) is 24.9. The van der Waals surface area contributed by atoms with Crippen LogP contribution in [0.5, 0.6) is 0 Å². The van der Waals surface area contributed by atoms with Crippen LogP contribution in [0.4, 0.5) is 0 Å². The Balaban J connectivity index is 1.91. The second kappa shape index (κ2) is 8.29. The van der Waals surface area contributed by atoms with Crippen LogP contribution in [0.2, 0.25) is 0 Å². The Kier molecular flexibility index (Phi) is 6.39. The average Bonchev–Trinajstić information content (AvgIpc) is 3.09. The molecular formula is C16H24N2O3S. The first kappa shape index (κ1) is 17.0. The van der Waals surface area contributed by atoms with Crippen LogP contribution in [0.1, 0.15) is 37.0 Å². The summed E-state index contributed by atoms with van der Waals surface area (Å²) in [7, 11) is 1.56. The third-order valence-corrected chi connectivity index (χ3v) is 5.36. The summed E-state index contributed by atoms with van der Waals surface area (Å²) in [6.07, 6.45) is 5.73. The summed E-state index contributed by atoms with van der Waals surface area (Å²) >= 11 is 1.74. The van der Waals surface area contributed by atoms with E-state index in [2.05, 4.69) is 28.1 Å². The number of methoxy groups -OCH3 is 1. The predicted octanol–water partition coefficient (Wildman–Crippen LogP) is 1.83. The summed E-state index contributed by atoms with van der Waals surface area (Å²) in [5, 5.41) is 7.44. The monoisotopic (exact) mass is 324 g/mol. The first-order valence-electron chi connectivity index (χ1n) is 7.77. The van der Waals surface area contributed by atoms with Gasteiger partial charge in [0.25, 0.3) is 0 Å². The Labute approximate surface area is 135 Å².